The highest BCUT2D eigenvalue weighted by molar-refractivity contribution is 5.86. The minimum absolute atomic E-state index is 0.361. The first-order valence-corrected chi connectivity index (χ1v) is 7.24. The molecule has 1 fully saturated rings. The Kier molecular flexibility index (Phi) is 4.55. The molecule has 0 unspecified atom stereocenters. The number of carbonyl (C=O) groups is 2. The molecule has 1 aliphatic carbocycles. The van der Waals surface area contributed by atoms with Crippen molar-refractivity contribution in [1.29, 1.82) is 0 Å². The number of rotatable bonds is 4. The van der Waals surface area contributed by atoms with Crippen LogP contribution >= 0.6 is 0 Å². The van der Waals surface area contributed by atoms with Crippen molar-refractivity contribution >= 4 is 12.0 Å². The molecule has 1 aromatic rings. The molecule has 1 heterocycles. The number of urea groups is 1. The van der Waals surface area contributed by atoms with Gasteiger partial charge in [0, 0.05) is 12.6 Å². The molecule has 116 valence electrons. The number of carboxylic acid groups (broad SMARTS) is 1. The topological polar surface area (TPSA) is 82.8 Å². The first kappa shape index (κ1) is 15.4. The van der Waals surface area contributed by atoms with Gasteiger partial charge in [-0.25, -0.2) is 9.59 Å². The molecule has 6 heteroatoms. The molecule has 0 bridgehead atoms. The van der Waals surface area contributed by atoms with Crippen molar-refractivity contribution in [2.24, 2.45) is 0 Å². The molecule has 0 atom stereocenters. The Balaban J connectivity index is 2.01. The lowest BCUT2D eigenvalue weighted by molar-refractivity contribution is -0.145. The smallest absolute Gasteiger partial charge is 0.329 e. The number of hydrogen-bond acceptors (Lipinski definition) is 3. The van der Waals surface area contributed by atoms with Gasteiger partial charge in [-0.3, -0.25) is 0 Å². The van der Waals surface area contributed by atoms with Crippen molar-refractivity contribution in [1.82, 2.24) is 10.2 Å². The maximum Gasteiger partial charge on any atom is 0.329 e. The van der Waals surface area contributed by atoms with Gasteiger partial charge in [-0.1, -0.05) is 19.3 Å². The fourth-order valence-electron chi connectivity index (χ4n) is 2.75. The van der Waals surface area contributed by atoms with Crippen LogP contribution in [0, 0.1) is 6.92 Å². The van der Waals surface area contributed by atoms with Gasteiger partial charge >= 0.3 is 12.0 Å². The van der Waals surface area contributed by atoms with Crippen LogP contribution in [0.3, 0.4) is 0 Å². The number of carbonyl (C=O) groups excluding carboxylic acids is 1. The zero-order valence-electron chi connectivity index (χ0n) is 12.5. The van der Waals surface area contributed by atoms with Crippen LogP contribution in [0.25, 0.3) is 0 Å². The van der Waals surface area contributed by atoms with Gasteiger partial charge < -0.3 is 19.7 Å². The van der Waals surface area contributed by atoms with Crippen LogP contribution in [0.1, 0.15) is 43.4 Å². The Morgan fingerprint density at radius 1 is 1.38 bits per heavy atom. The number of aliphatic carboxylic acids is 1. The quantitative estimate of drug-likeness (QED) is 0.894. The number of furan rings is 1. The predicted molar refractivity (Wildman–Crippen MR) is 76.9 cm³/mol. The van der Waals surface area contributed by atoms with Gasteiger partial charge in [0.05, 0.1) is 12.8 Å². The van der Waals surface area contributed by atoms with Gasteiger partial charge in [0.1, 0.15) is 11.3 Å². The molecule has 6 nitrogen and oxygen atoms in total. The average molecular weight is 294 g/mol. The number of nitrogens with zero attached hydrogens (tertiary/aromatic N) is 1. The highest BCUT2D eigenvalue weighted by Crippen LogP contribution is 2.28. The zero-order chi connectivity index (χ0) is 15.5. The normalized spacial score (nSPS) is 17.2. The second-order valence-electron chi connectivity index (χ2n) is 5.74. The second kappa shape index (κ2) is 6.20. The zero-order valence-corrected chi connectivity index (χ0v) is 12.5. The van der Waals surface area contributed by atoms with Crippen LogP contribution < -0.4 is 5.32 Å². The molecule has 2 amide bonds. The highest BCUT2D eigenvalue weighted by Gasteiger charge is 2.41. The molecule has 0 aliphatic heterocycles. The van der Waals surface area contributed by atoms with Gasteiger partial charge in [-0.05, 0) is 25.8 Å². The summed E-state index contributed by atoms with van der Waals surface area (Å²) in [6.07, 6.45) is 5.25. The molecule has 0 saturated heterocycles. The molecular weight excluding hydrogens is 272 g/mol. The van der Waals surface area contributed by atoms with Crippen LogP contribution in [0.15, 0.2) is 16.7 Å². The van der Waals surface area contributed by atoms with E-state index < -0.39 is 11.5 Å². The molecule has 0 aromatic carbocycles. The second-order valence-corrected chi connectivity index (χ2v) is 5.74. The van der Waals surface area contributed by atoms with Crippen LogP contribution in [-0.2, 0) is 11.3 Å². The maximum atomic E-state index is 12.3. The Bertz CT molecular complexity index is 517. The lowest BCUT2D eigenvalue weighted by Crippen LogP contribution is -2.58. The monoisotopic (exact) mass is 294 g/mol. The van der Waals surface area contributed by atoms with Crippen molar-refractivity contribution in [3.05, 3.63) is 23.7 Å². The molecule has 0 radical (unpaired) electrons. The standard InChI is InChI=1S/C15H22N2O4/c1-11-12(6-9-21-11)10-17(2)14(20)16-15(13(18)19)7-4-3-5-8-15/h6,9H,3-5,7-8,10H2,1-2H3,(H,16,20)(H,18,19). The third-order valence-corrected chi connectivity index (χ3v) is 4.18. The molecule has 1 saturated carbocycles. The summed E-state index contributed by atoms with van der Waals surface area (Å²) in [6, 6.07) is 1.45. The summed E-state index contributed by atoms with van der Waals surface area (Å²) in [5.74, 6) is -0.177. The number of aryl methyl sites for hydroxylation is 1. The van der Waals surface area contributed by atoms with E-state index in [-0.39, 0.29) is 6.03 Å². The van der Waals surface area contributed by atoms with E-state index in [1.807, 2.05) is 13.0 Å². The van der Waals surface area contributed by atoms with Crippen LogP contribution in [0.2, 0.25) is 0 Å². The summed E-state index contributed by atoms with van der Waals surface area (Å²) >= 11 is 0. The summed E-state index contributed by atoms with van der Waals surface area (Å²) in [5, 5.41) is 12.2. The van der Waals surface area contributed by atoms with Gasteiger partial charge in [0.2, 0.25) is 0 Å². The number of hydrogen-bond donors (Lipinski definition) is 2. The summed E-state index contributed by atoms with van der Waals surface area (Å²) in [7, 11) is 1.65. The Labute approximate surface area is 124 Å². The van der Waals surface area contributed by atoms with E-state index in [4.69, 9.17) is 4.42 Å². The largest absolute Gasteiger partial charge is 0.480 e. The fraction of sp³-hybridized carbons (Fsp3) is 0.600. The third kappa shape index (κ3) is 3.37. The minimum Gasteiger partial charge on any atom is -0.480 e. The highest BCUT2D eigenvalue weighted by atomic mass is 16.4. The Morgan fingerprint density at radius 3 is 2.57 bits per heavy atom. The van der Waals surface area contributed by atoms with E-state index in [2.05, 4.69) is 5.32 Å². The molecule has 2 N–H and O–H groups in total. The Hall–Kier alpha value is -1.98. The van der Waals surface area contributed by atoms with Crippen LogP contribution in [0.4, 0.5) is 4.79 Å². The maximum absolute atomic E-state index is 12.3. The summed E-state index contributed by atoms with van der Waals surface area (Å²) in [4.78, 5) is 25.3. The summed E-state index contributed by atoms with van der Waals surface area (Å²) < 4.78 is 5.20. The third-order valence-electron chi connectivity index (χ3n) is 4.18. The molecule has 1 aliphatic rings. The van der Waals surface area contributed by atoms with Gasteiger partial charge in [-0.2, -0.15) is 0 Å². The molecule has 0 spiro atoms. The molecule has 1 aromatic heterocycles. The van der Waals surface area contributed by atoms with Gasteiger partial charge in [0.15, 0.2) is 0 Å². The molecular formula is C15H22N2O4. The van der Waals surface area contributed by atoms with E-state index in [1.165, 1.54) is 4.90 Å². The van der Waals surface area contributed by atoms with E-state index >= 15 is 0 Å². The van der Waals surface area contributed by atoms with Gasteiger partial charge in [-0.15, -0.1) is 0 Å². The lowest BCUT2D eigenvalue weighted by atomic mass is 9.82. The molecule has 21 heavy (non-hydrogen) atoms. The first-order chi connectivity index (χ1) is 9.94. The van der Waals surface area contributed by atoms with E-state index in [0.29, 0.717) is 19.4 Å². The fourth-order valence-corrected chi connectivity index (χ4v) is 2.75. The van der Waals surface area contributed by atoms with Crippen molar-refractivity contribution < 1.29 is 19.1 Å². The number of nitrogens with one attached hydrogen (secondary N) is 1. The van der Waals surface area contributed by atoms with E-state index in [1.54, 1.807) is 13.3 Å². The number of amides is 2. The Morgan fingerprint density at radius 2 is 2.05 bits per heavy atom. The molecule has 2 rings (SSSR count). The lowest BCUT2D eigenvalue weighted by Gasteiger charge is -2.35. The summed E-state index contributed by atoms with van der Waals surface area (Å²) in [6.45, 7) is 2.23. The average Bonchev–Trinajstić information content (AvgIpc) is 2.85. The van der Waals surface area contributed by atoms with E-state index in [0.717, 1.165) is 30.6 Å². The first-order valence-electron chi connectivity index (χ1n) is 7.24. The predicted octanol–water partition coefficient (Wildman–Crippen LogP) is 2.52. The van der Waals surface area contributed by atoms with Crippen molar-refractivity contribution in [3.63, 3.8) is 0 Å². The van der Waals surface area contributed by atoms with Crippen molar-refractivity contribution in [2.75, 3.05) is 7.05 Å². The van der Waals surface area contributed by atoms with E-state index in [9.17, 15) is 14.7 Å². The minimum atomic E-state index is -1.12. The summed E-state index contributed by atoms with van der Waals surface area (Å²) in [5.41, 5.74) is -0.199. The number of carboxylic acids is 1. The van der Waals surface area contributed by atoms with Crippen molar-refractivity contribution in [3.8, 4) is 0 Å². The van der Waals surface area contributed by atoms with Crippen molar-refractivity contribution in [2.45, 2.75) is 51.1 Å². The van der Waals surface area contributed by atoms with Crippen LogP contribution in [0.5, 0.6) is 0 Å². The van der Waals surface area contributed by atoms with Crippen LogP contribution in [-0.4, -0.2) is 34.6 Å². The SMILES string of the molecule is Cc1occc1CN(C)C(=O)NC1(C(=O)O)CCCCC1. The van der Waals surface area contributed by atoms with Gasteiger partial charge in [0.25, 0.3) is 0 Å².